The van der Waals surface area contributed by atoms with Crippen LogP contribution in [0.15, 0.2) is 30.5 Å². The monoisotopic (exact) mass is 367 g/mol. The number of pyridine rings is 1. The van der Waals surface area contributed by atoms with Crippen molar-refractivity contribution in [3.05, 3.63) is 64.0 Å². The van der Waals surface area contributed by atoms with E-state index < -0.39 is 5.97 Å². The van der Waals surface area contributed by atoms with E-state index in [1.54, 1.807) is 0 Å². The summed E-state index contributed by atoms with van der Waals surface area (Å²) in [6, 6.07) is 7.13. The molecule has 3 rings (SSSR count). The largest absolute Gasteiger partial charge is 0.478 e. The van der Waals surface area contributed by atoms with Crippen LogP contribution >= 0.6 is 0 Å². The summed E-state index contributed by atoms with van der Waals surface area (Å²) in [6.45, 7) is 11.1. The standard InChI is InChI=1S/C22H25NO4/c1-13-8-17-16(21(2,3)12-27-22(17,4)5)9-15(13)10-19(24)18-7-6-14(11-23-18)20(25)26/h6-9,11H,10,12H2,1-5H3,(H,25,26). The molecule has 0 bridgehead atoms. The first-order valence-electron chi connectivity index (χ1n) is 9.02. The van der Waals surface area contributed by atoms with Gasteiger partial charge in [-0.25, -0.2) is 4.79 Å². The molecule has 0 fully saturated rings. The highest BCUT2D eigenvalue weighted by atomic mass is 16.5. The molecule has 0 atom stereocenters. The molecule has 1 N–H and O–H groups in total. The van der Waals surface area contributed by atoms with Crippen LogP contribution in [0.4, 0.5) is 0 Å². The van der Waals surface area contributed by atoms with E-state index in [2.05, 4.69) is 44.8 Å². The maximum absolute atomic E-state index is 12.7. The third-order valence-corrected chi connectivity index (χ3v) is 5.29. The second-order valence-electron chi connectivity index (χ2n) is 8.34. The fourth-order valence-electron chi connectivity index (χ4n) is 3.47. The van der Waals surface area contributed by atoms with Gasteiger partial charge in [-0.15, -0.1) is 0 Å². The second-order valence-corrected chi connectivity index (χ2v) is 8.34. The minimum atomic E-state index is -1.06. The number of benzene rings is 1. The number of ketones is 1. The second kappa shape index (κ2) is 6.57. The zero-order valence-corrected chi connectivity index (χ0v) is 16.4. The van der Waals surface area contributed by atoms with Crippen LogP contribution in [0.3, 0.4) is 0 Å². The van der Waals surface area contributed by atoms with Crippen molar-refractivity contribution in [2.45, 2.75) is 52.1 Å². The van der Waals surface area contributed by atoms with Gasteiger partial charge in [0, 0.05) is 18.0 Å². The fraction of sp³-hybridized carbons (Fsp3) is 0.409. The van der Waals surface area contributed by atoms with Crippen LogP contribution < -0.4 is 0 Å². The first-order valence-corrected chi connectivity index (χ1v) is 9.02. The van der Waals surface area contributed by atoms with E-state index in [1.165, 1.54) is 23.9 Å². The van der Waals surface area contributed by atoms with Gasteiger partial charge in [0.25, 0.3) is 0 Å². The van der Waals surface area contributed by atoms with Crippen molar-refractivity contribution < 1.29 is 19.4 Å². The van der Waals surface area contributed by atoms with E-state index in [1.807, 2.05) is 6.92 Å². The summed E-state index contributed by atoms with van der Waals surface area (Å²) in [5.41, 5.74) is 4.25. The number of nitrogens with zero attached hydrogens (tertiary/aromatic N) is 1. The van der Waals surface area contributed by atoms with Crippen molar-refractivity contribution in [3.63, 3.8) is 0 Å². The van der Waals surface area contributed by atoms with Crippen LogP contribution in [0.2, 0.25) is 0 Å². The molecule has 1 aliphatic heterocycles. The van der Waals surface area contributed by atoms with E-state index in [0.717, 1.165) is 16.7 Å². The van der Waals surface area contributed by atoms with Crippen LogP contribution in [0.25, 0.3) is 0 Å². The molecule has 1 aromatic carbocycles. The zero-order valence-electron chi connectivity index (χ0n) is 16.4. The number of ether oxygens (including phenoxy) is 1. The summed E-state index contributed by atoms with van der Waals surface area (Å²) in [5.74, 6) is -1.18. The van der Waals surface area contributed by atoms with Crippen molar-refractivity contribution in [1.29, 1.82) is 0 Å². The van der Waals surface area contributed by atoms with E-state index >= 15 is 0 Å². The third-order valence-electron chi connectivity index (χ3n) is 5.29. The maximum atomic E-state index is 12.7. The van der Waals surface area contributed by atoms with Gasteiger partial charge in [0.15, 0.2) is 5.78 Å². The summed E-state index contributed by atoms with van der Waals surface area (Å²) in [6.07, 6.45) is 1.45. The number of hydrogen-bond donors (Lipinski definition) is 1. The zero-order chi connectivity index (χ0) is 20.0. The van der Waals surface area contributed by atoms with Gasteiger partial charge in [-0.3, -0.25) is 9.78 Å². The Morgan fingerprint density at radius 1 is 1.15 bits per heavy atom. The van der Waals surface area contributed by atoms with Gasteiger partial charge in [-0.05, 0) is 55.2 Å². The average molecular weight is 367 g/mol. The van der Waals surface area contributed by atoms with Crippen LogP contribution in [0.5, 0.6) is 0 Å². The Labute approximate surface area is 159 Å². The average Bonchev–Trinajstić information content (AvgIpc) is 2.60. The van der Waals surface area contributed by atoms with Gasteiger partial charge >= 0.3 is 5.97 Å². The number of fused-ring (bicyclic) bond motifs is 1. The van der Waals surface area contributed by atoms with Gasteiger partial charge in [-0.2, -0.15) is 0 Å². The van der Waals surface area contributed by atoms with Gasteiger partial charge in [0.05, 0.1) is 17.8 Å². The molecule has 1 aliphatic rings. The summed E-state index contributed by atoms with van der Waals surface area (Å²) >= 11 is 0. The Morgan fingerprint density at radius 2 is 1.85 bits per heavy atom. The van der Waals surface area contributed by atoms with Gasteiger partial charge in [0.2, 0.25) is 0 Å². The molecule has 0 aliphatic carbocycles. The van der Waals surface area contributed by atoms with E-state index in [9.17, 15) is 9.59 Å². The maximum Gasteiger partial charge on any atom is 0.337 e. The molecule has 2 heterocycles. The third kappa shape index (κ3) is 3.65. The lowest BCUT2D eigenvalue weighted by atomic mass is 9.74. The number of Topliss-reactive ketones (excluding diaryl/α,β-unsaturated/α-hetero) is 1. The molecule has 2 aromatic rings. The van der Waals surface area contributed by atoms with Crippen LogP contribution in [-0.2, 0) is 22.2 Å². The Kier molecular flexibility index (Phi) is 4.68. The Bertz CT molecular complexity index is 911. The van der Waals surface area contributed by atoms with Gasteiger partial charge in [-0.1, -0.05) is 26.0 Å². The van der Waals surface area contributed by atoms with Crippen molar-refractivity contribution in [2.75, 3.05) is 6.61 Å². The van der Waals surface area contributed by atoms with Crippen LogP contribution in [0.1, 0.15) is 70.8 Å². The van der Waals surface area contributed by atoms with Gasteiger partial charge in [0.1, 0.15) is 5.69 Å². The van der Waals surface area contributed by atoms with Crippen LogP contribution in [0, 0.1) is 6.92 Å². The molecule has 5 heteroatoms. The van der Waals surface area contributed by atoms with E-state index in [4.69, 9.17) is 9.84 Å². The van der Waals surface area contributed by atoms with Crippen molar-refractivity contribution in [2.24, 2.45) is 0 Å². The lowest BCUT2D eigenvalue weighted by Gasteiger charge is -2.42. The van der Waals surface area contributed by atoms with Gasteiger partial charge < -0.3 is 9.84 Å². The minimum Gasteiger partial charge on any atom is -0.478 e. The topological polar surface area (TPSA) is 76.5 Å². The fourth-order valence-corrected chi connectivity index (χ4v) is 3.47. The number of hydrogen-bond acceptors (Lipinski definition) is 4. The predicted molar refractivity (Wildman–Crippen MR) is 102 cm³/mol. The molecule has 0 unspecified atom stereocenters. The lowest BCUT2D eigenvalue weighted by molar-refractivity contribution is -0.0588. The van der Waals surface area contributed by atoms with E-state index in [0.29, 0.717) is 6.61 Å². The molecule has 5 nitrogen and oxygen atoms in total. The first-order chi connectivity index (χ1) is 12.5. The highest BCUT2D eigenvalue weighted by molar-refractivity contribution is 5.96. The van der Waals surface area contributed by atoms with Crippen molar-refractivity contribution >= 4 is 11.8 Å². The summed E-state index contributed by atoms with van der Waals surface area (Å²) in [5, 5.41) is 8.95. The van der Waals surface area contributed by atoms with E-state index in [-0.39, 0.29) is 34.5 Å². The number of carboxylic acid groups (broad SMARTS) is 1. The number of carboxylic acids is 1. The van der Waals surface area contributed by atoms with Crippen LogP contribution in [-0.4, -0.2) is 28.4 Å². The number of aromatic carboxylic acids is 1. The lowest BCUT2D eigenvalue weighted by Crippen LogP contribution is -2.40. The molecule has 27 heavy (non-hydrogen) atoms. The number of aromatic nitrogens is 1. The normalized spacial score (nSPS) is 17.2. The summed E-state index contributed by atoms with van der Waals surface area (Å²) in [4.78, 5) is 27.6. The quantitative estimate of drug-likeness (QED) is 0.825. The number of carbonyl (C=O) groups is 2. The molecule has 1 aromatic heterocycles. The Balaban J connectivity index is 1.94. The highest BCUT2D eigenvalue weighted by Crippen LogP contribution is 2.42. The number of rotatable bonds is 4. The molecular formula is C22H25NO4. The summed E-state index contributed by atoms with van der Waals surface area (Å²) in [7, 11) is 0. The molecule has 0 saturated heterocycles. The Morgan fingerprint density at radius 3 is 2.44 bits per heavy atom. The SMILES string of the molecule is Cc1cc2c(cc1CC(=O)c1ccc(C(=O)O)cn1)C(C)(C)COC2(C)C. The number of aryl methyl sites for hydroxylation is 1. The molecule has 0 amide bonds. The van der Waals surface area contributed by atoms with Crippen molar-refractivity contribution in [1.82, 2.24) is 4.98 Å². The Hall–Kier alpha value is -2.53. The smallest absolute Gasteiger partial charge is 0.337 e. The predicted octanol–water partition coefficient (Wildman–Crippen LogP) is 4.06. The summed E-state index contributed by atoms with van der Waals surface area (Å²) < 4.78 is 6.06. The highest BCUT2D eigenvalue weighted by Gasteiger charge is 2.38. The molecule has 0 radical (unpaired) electrons. The minimum absolute atomic E-state index is 0.0699. The molecular weight excluding hydrogens is 342 g/mol. The molecule has 142 valence electrons. The molecule has 0 saturated carbocycles. The number of carbonyl (C=O) groups excluding carboxylic acids is 1. The molecule has 0 spiro atoms. The van der Waals surface area contributed by atoms with Crippen molar-refractivity contribution in [3.8, 4) is 0 Å². The first kappa shape index (κ1) is 19.2.